The van der Waals surface area contributed by atoms with Crippen molar-refractivity contribution < 1.29 is 4.79 Å². The maximum absolute atomic E-state index is 11.8. The molecule has 2 rings (SSSR count). The van der Waals surface area contributed by atoms with E-state index in [1.54, 1.807) is 18.2 Å². The number of halogens is 1. The van der Waals surface area contributed by atoms with E-state index < -0.39 is 0 Å². The molecule has 1 aliphatic carbocycles. The van der Waals surface area contributed by atoms with Crippen LogP contribution < -0.4 is 10.6 Å². The number of hydrogen-bond acceptors (Lipinski definition) is 2. The summed E-state index contributed by atoms with van der Waals surface area (Å²) in [6.07, 6.45) is 5.69. The molecule has 1 saturated carbocycles. The third-order valence-electron chi connectivity index (χ3n) is 3.29. The predicted molar refractivity (Wildman–Crippen MR) is 75.2 cm³/mol. The lowest BCUT2D eigenvalue weighted by atomic mass is 9.96. The van der Waals surface area contributed by atoms with Gasteiger partial charge in [0, 0.05) is 11.7 Å². The highest BCUT2D eigenvalue weighted by atomic mass is 35.5. The van der Waals surface area contributed by atoms with Crippen LogP contribution in [0.1, 0.15) is 37.7 Å². The second-order valence-electron chi connectivity index (χ2n) is 4.74. The highest BCUT2D eigenvalue weighted by Crippen LogP contribution is 2.21. The Balaban J connectivity index is 1.91. The lowest BCUT2D eigenvalue weighted by Crippen LogP contribution is -2.39. The third-order valence-corrected chi connectivity index (χ3v) is 3.60. The SMILES string of the molecule is N#Cc1ccc(NC(=O)NC2CCCCC2)cc1Cl. The fraction of sp³-hybridized carbons (Fsp3) is 0.429. The van der Waals surface area contributed by atoms with E-state index in [9.17, 15) is 4.79 Å². The van der Waals surface area contributed by atoms with Gasteiger partial charge in [-0.1, -0.05) is 30.9 Å². The largest absolute Gasteiger partial charge is 0.335 e. The van der Waals surface area contributed by atoms with Gasteiger partial charge in [-0.05, 0) is 31.0 Å². The number of urea groups is 1. The fourth-order valence-electron chi connectivity index (χ4n) is 2.28. The number of carbonyl (C=O) groups is 1. The Hall–Kier alpha value is -1.73. The van der Waals surface area contributed by atoms with E-state index >= 15 is 0 Å². The monoisotopic (exact) mass is 277 g/mol. The molecule has 0 atom stereocenters. The van der Waals surface area contributed by atoms with Crippen LogP contribution in [0.5, 0.6) is 0 Å². The number of benzene rings is 1. The fourth-order valence-corrected chi connectivity index (χ4v) is 2.51. The molecule has 2 amide bonds. The average molecular weight is 278 g/mol. The van der Waals surface area contributed by atoms with Crippen molar-refractivity contribution in [2.75, 3.05) is 5.32 Å². The molecule has 0 unspecified atom stereocenters. The van der Waals surface area contributed by atoms with Crippen LogP contribution >= 0.6 is 11.6 Å². The Labute approximate surface area is 117 Å². The van der Waals surface area contributed by atoms with Crippen molar-refractivity contribution in [3.63, 3.8) is 0 Å². The first-order valence-electron chi connectivity index (χ1n) is 6.46. The Morgan fingerprint density at radius 1 is 1.32 bits per heavy atom. The second kappa shape index (κ2) is 6.44. The van der Waals surface area contributed by atoms with Gasteiger partial charge in [-0.15, -0.1) is 0 Å². The maximum atomic E-state index is 11.8. The van der Waals surface area contributed by atoms with Gasteiger partial charge in [0.15, 0.2) is 0 Å². The predicted octanol–water partition coefficient (Wildman–Crippen LogP) is 3.67. The first kappa shape index (κ1) is 13.7. The molecule has 1 aromatic rings. The van der Waals surface area contributed by atoms with Gasteiger partial charge >= 0.3 is 6.03 Å². The van der Waals surface area contributed by atoms with Gasteiger partial charge in [0.2, 0.25) is 0 Å². The zero-order chi connectivity index (χ0) is 13.7. The van der Waals surface area contributed by atoms with Crippen LogP contribution in [-0.4, -0.2) is 12.1 Å². The van der Waals surface area contributed by atoms with E-state index in [1.165, 1.54) is 19.3 Å². The molecule has 0 aromatic heterocycles. The quantitative estimate of drug-likeness (QED) is 0.866. The zero-order valence-electron chi connectivity index (χ0n) is 10.6. The minimum absolute atomic E-state index is 0.215. The zero-order valence-corrected chi connectivity index (χ0v) is 11.3. The van der Waals surface area contributed by atoms with Gasteiger partial charge < -0.3 is 10.6 Å². The van der Waals surface area contributed by atoms with E-state index in [1.807, 2.05) is 6.07 Å². The van der Waals surface area contributed by atoms with E-state index in [0.717, 1.165) is 12.8 Å². The smallest absolute Gasteiger partial charge is 0.319 e. The third kappa shape index (κ3) is 3.87. The van der Waals surface area contributed by atoms with Crippen molar-refractivity contribution in [2.45, 2.75) is 38.1 Å². The summed E-state index contributed by atoms with van der Waals surface area (Å²) in [5, 5.41) is 14.8. The molecular formula is C14H16ClN3O. The van der Waals surface area contributed by atoms with E-state index in [0.29, 0.717) is 16.3 Å². The number of amides is 2. The van der Waals surface area contributed by atoms with Gasteiger partial charge in [-0.2, -0.15) is 5.26 Å². The molecule has 19 heavy (non-hydrogen) atoms. The molecule has 1 fully saturated rings. The van der Waals surface area contributed by atoms with Crippen molar-refractivity contribution in [1.29, 1.82) is 5.26 Å². The molecule has 100 valence electrons. The number of nitrogens with zero attached hydrogens (tertiary/aromatic N) is 1. The molecule has 0 radical (unpaired) electrons. The van der Waals surface area contributed by atoms with Crippen molar-refractivity contribution in [3.05, 3.63) is 28.8 Å². The topological polar surface area (TPSA) is 64.9 Å². The Bertz CT molecular complexity index is 504. The Morgan fingerprint density at radius 2 is 2.05 bits per heavy atom. The van der Waals surface area contributed by atoms with E-state index in [2.05, 4.69) is 10.6 Å². The van der Waals surface area contributed by atoms with Crippen molar-refractivity contribution in [1.82, 2.24) is 5.32 Å². The molecule has 0 bridgehead atoms. The molecule has 4 nitrogen and oxygen atoms in total. The summed E-state index contributed by atoms with van der Waals surface area (Å²) < 4.78 is 0. The summed E-state index contributed by atoms with van der Waals surface area (Å²) in [7, 11) is 0. The number of rotatable bonds is 2. The van der Waals surface area contributed by atoms with E-state index in [4.69, 9.17) is 16.9 Å². The van der Waals surface area contributed by atoms with Gasteiger partial charge in [0.05, 0.1) is 10.6 Å². The van der Waals surface area contributed by atoms with Crippen LogP contribution in [0, 0.1) is 11.3 Å². The minimum atomic E-state index is -0.215. The van der Waals surface area contributed by atoms with Crippen LogP contribution in [0.2, 0.25) is 5.02 Å². The Morgan fingerprint density at radius 3 is 2.68 bits per heavy atom. The van der Waals surface area contributed by atoms with Crippen LogP contribution in [0.25, 0.3) is 0 Å². The van der Waals surface area contributed by atoms with Crippen molar-refractivity contribution in [2.24, 2.45) is 0 Å². The van der Waals surface area contributed by atoms with Crippen LogP contribution in [0.3, 0.4) is 0 Å². The summed E-state index contributed by atoms with van der Waals surface area (Å²) in [5.41, 5.74) is 0.997. The maximum Gasteiger partial charge on any atom is 0.319 e. The normalized spacial score (nSPS) is 15.6. The highest BCUT2D eigenvalue weighted by Gasteiger charge is 2.15. The first-order valence-corrected chi connectivity index (χ1v) is 6.84. The number of nitrogens with one attached hydrogen (secondary N) is 2. The van der Waals surface area contributed by atoms with Crippen LogP contribution in [-0.2, 0) is 0 Å². The number of carbonyl (C=O) groups excluding carboxylic acids is 1. The lowest BCUT2D eigenvalue weighted by Gasteiger charge is -2.22. The molecule has 0 aliphatic heterocycles. The standard InChI is InChI=1S/C14H16ClN3O/c15-13-8-12(7-6-10(13)9-16)18-14(19)17-11-4-2-1-3-5-11/h6-8,11H,1-5H2,(H2,17,18,19). The second-order valence-corrected chi connectivity index (χ2v) is 5.15. The summed E-state index contributed by atoms with van der Waals surface area (Å²) >= 11 is 5.91. The summed E-state index contributed by atoms with van der Waals surface area (Å²) in [4.78, 5) is 11.8. The first-order chi connectivity index (χ1) is 9.19. The molecule has 5 heteroatoms. The van der Waals surface area contributed by atoms with E-state index in [-0.39, 0.29) is 12.1 Å². The summed E-state index contributed by atoms with van der Waals surface area (Å²) in [6.45, 7) is 0. The summed E-state index contributed by atoms with van der Waals surface area (Å²) in [6, 6.07) is 6.88. The summed E-state index contributed by atoms with van der Waals surface area (Å²) in [5.74, 6) is 0. The number of anilines is 1. The van der Waals surface area contributed by atoms with Crippen LogP contribution in [0.15, 0.2) is 18.2 Å². The van der Waals surface area contributed by atoms with Crippen LogP contribution in [0.4, 0.5) is 10.5 Å². The van der Waals surface area contributed by atoms with Gasteiger partial charge in [-0.3, -0.25) is 0 Å². The molecule has 0 saturated heterocycles. The minimum Gasteiger partial charge on any atom is -0.335 e. The van der Waals surface area contributed by atoms with Gasteiger partial charge in [0.1, 0.15) is 6.07 Å². The molecule has 0 spiro atoms. The molecule has 1 aliphatic rings. The highest BCUT2D eigenvalue weighted by molar-refractivity contribution is 6.32. The molecule has 2 N–H and O–H groups in total. The Kier molecular flexibility index (Phi) is 4.64. The number of nitriles is 1. The van der Waals surface area contributed by atoms with Gasteiger partial charge in [0.25, 0.3) is 0 Å². The molecule has 0 heterocycles. The molecule has 1 aromatic carbocycles. The molecular weight excluding hydrogens is 262 g/mol. The van der Waals surface area contributed by atoms with Crippen molar-refractivity contribution in [3.8, 4) is 6.07 Å². The lowest BCUT2D eigenvalue weighted by molar-refractivity contribution is 0.244. The number of hydrogen-bond donors (Lipinski definition) is 2. The average Bonchev–Trinajstić information content (AvgIpc) is 2.40. The van der Waals surface area contributed by atoms with Gasteiger partial charge in [-0.25, -0.2) is 4.79 Å². The van der Waals surface area contributed by atoms with Crippen molar-refractivity contribution >= 4 is 23.3 Å².